The molecule has 0 unspecified atom stereocenters. The molecule has 0 amide bonds. The topological polar surface area (TPSA) is 51.4 Å². The third-order valence-corrected chi connectivity index (χ3v) is 3.52. The van der Waals surface area contributed by atoms with Crippen LogP contribution in [-0.4, -0.2) is 23.5 Å². The van der Waals surface area contributed by atoms with Gasteiger partial charge in [0.2, 0.25) is 0 Å². The molecule has 2 aromatic rings. The van der Waals surface area contributed by atoms with Crippen LogP contribution in [-0.2, 0) is 13.1 Å². The highest BCUT2D eigenvalue weighted by Gasteiger charge is 2.08. The third-order valence-electron chi connectivity index (χ3n) is 2.71. The van der Waals surface area contributed by atoms with Gasteiger partial charge in [-0.2, -0.15) is 0 Å². The Morgan fingerprint density at radius 1 is 1.32 bits per heavy atom. The number of nitrogens with two attached hydrogens (primary N) is 1. The molecule has 2 N–H and O–H groups in total. The van der Waals surface area contributed by atoms with E-state index in [9.17, 15) is 0 Å². The first-order valence-corrected chi connectivity index (χ1v) is 7.10. The van der Waals surface area contributed by atoms with Crippen molar-refractivity contribution in [2.45, 2.75) is 20.0 Å². The molecule has 2 rings (SSSR count). The van der Waals surface area contributed by atoms with Crippen molar-refractivity contribution in [3.8, 4) is 5.75 Å². The van der Waals surface area contributed by atoms with Crippen LogP contribution in [0.1, 0.15) is 17.4 Å². The SMILES string of the molecule is CCOc1ccccc1CN(C)Cc1cnc(N)s1. The number of para-hydroxylation sites is 1. The average molecular weight is 277 g/mol. The van der Waals surface area contributed by atoms with Crippen LogP contribution in [0.15, 0.2) is 30.5 Å². The summed E-state index contributed by atoms with van der Waals surface area (Å²) in [6.45, 7) is 4.37. The molecule has 1 aromatic heterocycles. The molecular formula is C14H19N3OS. The van der Waals surface area contributed by atoms with E-state index in [-0.39, 0.29) is 0 Å². The van der Waals surface area contributed by atoms with Gasteiger partial charge in [-0.15, -0.1) is 11.3 Å². The largest absolute Gasteiger partial charge is 0.494 e. The number of nitrogens with zero attached hydrogens (tertiary/aromatic N) is 2. The van der Waals surface area contributed by atoms with Gasteiger partial charge >= 0.3 is 0 Å². The summed E-state index contributed by atoms with van der Waals surface area (Å²) in [6, 6.07) is 8.15. The summed E-state index contributed by atoms with van der Waals surface area (Å²) in [5.41, 5.74) is 6.84. The summed E-state index contributed by atoms with van der Waals surface area (Å²) >= 11 is 1.53. The van der Waals surface area contributed by atoms with Gasteiger partial charge in [0.15, 0.2) is 5.13 Å². The van der Waals surface area contributed by atoms with Gasteiger partial charge in [-0.3, -0.25) is 4.90 Å². The summed E-state index contributed by atoms with van der Waals surface area (Å²) in [5.74, 6) is 0.959. The molecule has 0 bridgehead atoms. The number of ether oxygens (including phenoxy) is 1. The number of hydrogen-bond acceptors (Lipinski definition) is 5. The smallest absolute Gasteiger partial charge is 0.180 e. The number of nitrogen functional groups attached to an aromatic ring is 1. The van der Waals surface area contributed by atoms with E-state index in [0.717, 1.165) is 18.8 Å². The molecule has 0 radical (unpaired) electrons. The van der Waals surface area contributed by atoms with E-state index in [1.54, 1.807) is 0 Å². The minimum atomic E-state index is 0.623. The van der Waals surface area contributed by atoms with Gasteiger partial charge < -0.3 is 10.5 Å². The number of benzene rings is 1. The number of hydrogen-bond donors (Lipinski definition) is 1. The molecule has 0 saturated heterocycles. The zero-order valence-electron chi connectivity index (χ0n) is 11.3. The Hall–Kier alpha value is -1.59. The number of anilines is 1. The van der Waals surface area contributed by atoms with E-state index in [2.05, 4.69) is 23.0 Å². The average Bonchev–Trinajstić information content (AvgIpc) is 2.77. The van der Waals surface area contributed by atoms with E-state index in [0.29, 0.717) is 11.7 Å². The van der Waals surface area contributed by atoms with E-state index >= 15 is 0 Å². The highest BCUT2D eigenvalue weighted by atomic mass is 32.1. The van der Waals surface area contributed by atoms with E-state index < -0.39 is 0 Å². The lowest BCUT2D eigenvalue weighted by Gasteiger charge is -2.17. The predicted octanol–water partition coefficient (Wildman–Crippen LogP) is 2.76. The molecule has 0 aliphatic carbocycles. The minimum absolute atomic E-state index is 0.623. The molecule has 5 heteroatoms. The van der Waals surface area contributed by atoms with Crippen molar-refractivity contribution in [3.05, 3.63) is 40.9 Å². The van der Waals surface area contributed by atoms with Crippen LogP contribution in [0.5, 0.6) is 5.75 Å². The van der Waals surface area contributed by atoms with E-state index in [4.69, 9.17) is 10.5 Å². The van der Waals surface area contributed by atoms with Crippen LogP contribution in [0.25, 0.3) is 0 Å². The Balaban J connectivity index is 2.00. The quantitative estimate of drug-likeness (QED) is 0.882. The maximum atomic E-state index is 5.64. The minimum Gasteiger partial charge on any atom is -0.494 e. The molecule has 4 nitrogen and oxygen atoms in total. The van der Waals surface area contributed by atoms with Crippen LogP contribution in [0, 0.1) is 0 Å². The second kappa shape index (κ2) is 6.54. The summed E-state index contributed by atoms with van der Waals surface area (Å²) < 4.78 is 5.64. The van der Waals surface area contributed by atoms with Crippen LogP contribution in [0.4, 0.5) is 5.13 Å². The molecule has 0 atom stereocenters. The van der Waals surface area contributed by atoms with Gasteiger partial charge in [-0.25, -0.2) is 4.98 Å². The van der Waals surface area contributed by atoms with Crippen molar-refractivity contribution in [1.82, 2.24) is 9.88 Å². The summed E-state index contributed by atoms with van der Waals surface area (Å²) in [5, 5.41) is 0.623. The van der Waals surface area contributed by atoms with Crippen molar-refractivity contribution in [2.75, 3.05) is 19.4 Å². The zero-order valence-corrected chi connectivity index (χ0v) is 12.1. The highest BCUT2D eigenvalue weighted by Crippen LogP contribution is 2.21. The first-order valence-electron chi connectivity index (χ1n) is 6.28. The lowest BCUT2D eigenvalue weighted by Crippen LogP contribution is -2.17. The zero-order chi connectivity index (χ0) is 13.7. The Bertz CT molecular complexity index is 527. The highest BCUT2D eigenvalue weighted by molar-refractivity contribution is 7.15. The molecule has 0 aliphatic heterocycles. The van der Waals surface area contributed by atoms with Gasteiger partial charge in [0.25, 0.3) is 0 Å². The molecule has 0 fully saturated rings. The van der Waals surface area contributed by atoms with Crippen molar-refractivity contribution in [1.29, 1.82) is 0 Å². The van der Waals surface area contributed by atoms with Gasteiger partial charge in [0.05, 0.1) is 6.61 Å². The van der Waals surface area contributed by atoms with Crippen LogP contribution in [0.2, 0.25) is 0 Å². The fourth-order valence-corrected chi connectivity index (χ4v) is 2.70. The van der Waals surface area contributed by atoms with Gasteiger partial charge in [0, 0.05) is 29.7 Å². The third kappa shape index (κ3) is 3.94. The Morgan fingerprint density at radius 2 is 2.11 bits per heavy atom. The lowest BCUT2D eigenvalue weighted by molar-refractivity contribution is 0.299. The Kier molecular flexibility index (Phi) is 4.76. The number of thiazole rings is 1. The van der Waals surface area contributed by atoms with Crippen LogP contribution >= 0.6 is 11.3 Å². The van der Waals surface area contributed by atoms with Crippen LogP contribution in [0.3, 0.4) is 0 Å². The first-order chi connectivity index (χ1) is 9.19. The fourth-order valence-electron chi connectivity index (χ4n) is 1.94. The number of rotatable bonds is 6. The van der Waals surface area contributed by atoms with E-state index in [1.807, 2.05) is 31.3 Å². The summed E-state index contributed by atoms with van der Waals surface area (Å²) in [4.78, 5) is 7.47. The lowest BCUT2D eigenvalue weighted by atomic mass is 10.2. The number of aromatic nitrogens is 1. The fraction of sp³-hybridized carbons (Fsp3) is 0.357. The molecule has 1 aromatic carbocycles. The Morgan fingerprint density at radius 3 is 2.79 bits per heavy atom. The summed E-state index contributed by atoms with van der Waals surface area (Å²) in [7, 11) is 2.08. The first kappa shape index (κ1) is 13.8. The van der Waals surface area contributed by atoms with Gasteiger partial charge in [-0.05, 0) is 20.0 Å². The van der Waals surface area contributed by atoms with Crippen molar-refractivity contribution >= 4 is 16.5 Å². The van der Waals surface area contributed by atoms with Gasteiger partial charge in [0.1, 0.15) is 5.75 Å². The molecule has 0 saturated carbocycles. The van der Waals surface area contributed by atoms with Crippen molar-refractivity contribution in [2.24, 2.45) is 0 Å². The standard InChI is InChI=1S/C14H19N3OS/c1-3-18-13-7-5-4-6-11(13)9-17(2)10-12-8-16-14(15)19-12/h4-8H,3,9-10H2,1-2H3,(H2,15,16). The van der Waals surface area contributed by atoms with Crippen LogP contribution < -0.4 is 10.5 Å². The maximum absolute atomic E-state index is 5.64. The molecular weight excluding hydrogens is 258 g/mol. The van der Waals surface area contributed by atoms with Crippen molar-refractivity contribution in [3.63, 3.8) is 0 Å². The molecule has 19 heavy (non-hydrogen) atoms. The van der Waals surface area contributed by atoms with Crippen molar-refractivity contribution < 1.29 is 4.74 Å². The molecule has 1 heterocycles. The van der Waals surface area contributed by atoms with Gasteiger partial charge in [-0.1, -0.05) is 18.2 Å². The molecule has 102 valence electrons. The second-order valence-corrected chi connectivity index (χ2v) is 5.52. The maximum Gasteiger partial charge on any atom is 0.180 e. The normalized spacial score (nSPS) is 10.9. The molecule has 0 spiro atoms. The van der Waals surface area contributed by atoms with E-state index in [1.165, 1.54) is 21.8 Å². The molecule has 0 aliphatic rings. The predicted molar refractivity (Wildman–Crippen MR) is 79.3 cm³/mol. The summed E-state index contributed by atoms with van der Waals surface area (Å²) in [6.07, 6.45) is 1.84. The Labute approximate surface area is 117 Å². The monoisotopic (exact) mass is 277 g/mol. The second-order valence-electron chi connectivity index (χ2n) is 4.38.